The topological polar surface area (TPSA) is 112 Å². The number of unbranched alkanes of at least 4 members (excludes halogenated alkanes) is 22. The van der Waals surface area contributed by atoms with Crippen molar-refractivity contribution in [2.24, 2.45) is 11.8 Å². The normalized spacial score (nSPS) is 14.7. The molecule has 4 rings (SSSR count). The SMILES string of the molecule is CCCCCCCC/C=C\CCCCCCCC(=O)Oc1ccc(CC(=O)OCCC2CCN(CCSSCCN3CCC(CCOC(=O)Cc4ccc(OC(=O)CCCCCCC/C=C\CCCCCCCC)cc4)CC3)CC2)cc1. The second-order valence-corrected chi connectivity index (χ2v) is 26.2. The summed E-state index contributed by atoms with van der Waals surface area (Å²) in [5.41, 5.74) is 1.72. The summed E-state index contributed by atoms with van der Waals surface area (Å²) in [4.78, 5) is 55.2. The van der Waals surface area contributed by atoms with E-state index in [9.17, 15) is 19.2 Å². The van der Waals surface area contributed by atoms with E-state index < -0.39 is 0 Å². The predicted octanol–water partition coefficient (Wildman–Crippen LogP) is 18.0. The van der Waals surface area contributed by atoms with Gasteiger partial charge >= 0.3 is 23.9 Å². The van der Waals surface area contributed by atoms with Crippen LogP contribution >= 0.6 is 21.6 Å². The number of benzene rings is 2. The van der Waals surface area contributed by atoms with Gasteiger partial charge in [0.2, 0.25) is 0 Å². The maximum Gasteiger partial charge on any atom is 0.311 e. The maximum atomic E-state index is 12.6. The number of likely N-dealkylation sites (tertiary alicyclic amines) is 2. The molecule has 462 valence electrons. The first-order chi connectivity index (χ1) is 40.3. The number of carbonyl (C=O) groups excluding carboxylic acids is 4. The molecule has 2 heterocycles. The number of ether oxygens (including phenoxy) is 4. The average molecular weight is 1170 g/mol. The van der Waals surface area contributed by atoms with Crippen molar-refractivity contribution in [1.82, 2.24) is 9.80 Å². The highest BCUT2D eigenvalue weighted by Gasteiger charge is 2.21. The molecule has 0 unspecified atom stereocenters. The predicted molar refractivity (Wildman–Crippen MR) is 345 cm³/mol. The van der Waals surface area contributed by atoms with Crippen LogP contribution in [0.2, 0.25) is 0 Å². The van der Waals surface area contributed by atoms with E-state index in [1.807, 2.05) is 45.9 Å². The van der Waals surface area contributed by atoms with Crippen molar-refractivity contribution in [3.63, 3.8) is 0 Å². The van der Waals surface area contributed by atoms with Gasteiger partial charge in [0.1, 0.15) is 11.5 Å². The van der Waals surface area contributed by atoms with E-state index in [1.54, 1.807) is 24.3 Å². The van der Waals surface area contributed by atoms with Gasteiger partial charge in [0.15, 0.2) is 0 Å². The van der Waals surface area contributed by atoms with Crippen LogP contribution in [0.15, 0.2) is 72.8 Å². The number of carbonyl (C=O) groups is 4. The number of allylic oxidation sites excluding steroid dienone is 4. The van der Waals surface area contributed by atoms with Gasteiger partial charge < -0.3 is 28.7 Å². The van der Waals surface area contributed by atoms with Crippen LogP contribution in [0.5, 0.6) is 11.5 Å². The summed E-state index contributed by atoms with van der Waals surface area (Å²) in [7, 11) is 3.98. The summed E-state index contributed by atoms with van der Waals surface area (Å²) >= 11 is 0. The first kappa shape index (κ1) is 70.9. The number of hydrogen-bond acceptors (Lipinski definition) is 12. The molecule has 0 atom stereocenters. The second-order valence-electron chi connectivity index (χ2n) is 23.5. The molecule has 0 N–H and O–H groups in total. The van der Waals surface area contributed by atoms with E-state index in [1.165, 1.54) is 116 Å². The Morgan fingerprint density at radius 1 is 0.427 bits per heavy atom. The maximum absolute atomic E-state index is 12.6. The first-order valence-electron chi connectivity index (χ1n) is 33.2. The van der Waals surface area contributed by atoms with E-state index in [0.29, 0.717) is 49.4 Å². The molecule has 10 nitrogen and oxygen atoms in total. The first-order valence-corrected chi connectivity index (χ1v) is 35.7. The van der Waals surface area contributed by atoms with Gasteiger partial charge in [-0.05, 0) is 176 Å². The van der Waals surface area contributed by atoms with Crippen LogP contribution in [-0.4, -0.2) is 97.7 Å². The number of esters is 4. The lowest BCUT2D eigenvalue weighted by Gasteiger charge is -2.32. The van der Waals surface area contributed by atoms with Crippen LogP contribution in [0.4, 0.5) is 0 Å². The van der Waals surface area contributed by atoms with E-state index in [2.05, 4.69) is 48.0 Å². The van der Waals surface area contributed by atoms with Crippen LogP contribution < -0.4 is 9.47 Å². The molecule has 0 bridgehead atoms. The highest BCUT2D eigenvalue weighted by atomic mass is 33.1. The van der Waals surface area contributed by atoms with Crippen molar-refractivity contribution in [3.05, 3.63) is 84.0 Å². The zero-order chi connectivity index (χ0) is 58.2. The Bertz CT molecular complexity index is 1840. The van der Waals surface area contributed by atoms with Crippen molar-refractivity contribution in [2.75, 3.05) is 64.0 Å². The average Bonchev–Trinajstić information content (AvgIpc) is 3.49. The number of nitrogens with zero attached hydrogens (tertiary/aromatic N) is 2. The minimum absolute atomic E-state index is 0.196. The molecule has 12 heteroatoms. The minimum atomic E-state index is -0.210. The zero-order valence-corrected chi connectivity index (χ0v) is 53.2. The lowest BCUT2D eigenvalue weighted by Crippen LogP contribution is -2.36. The Morgan fingerprint density at radius 3 is 1.09 bits per heavy atom. The Kier molecular flexibility index (Phi) is 42.1. The van der Waals surface area contributed by atoms with Crippen LogP contribution in [0, 0.1) is 11.8 Å². The second kappa shape index (κ2) is 48.6. The van der Waals surface area contributed by atoms with Gasteiger partial charge in [-0.3, -0.25) is 19.2 Å². The Morgan fingerprint density at radius 2 is 0.744 bits per heavy atom. The molecule has 2 saturated heterocycles. The standard InChI is InChI=1S/C70H112N2O8S2/c1-3-5-7-9-11-13-15-17-19-21-23-25-27-29-31-33-67(73)79-65-39-35-63(36-40-65)59-69(75)77-55-47-61-43-49-71(50-44-61)53-57-81-82-58-54-72-51-45-62(46-52-72)48-56-78-70(76)60-64-37-41-66(42-38-64)80-68(74)34-32-30-28-26-24-22-20-18-16-14-12-10-8-6-4-2/h17-20,35-42,61-62H,3-16,21-34,43-60H2,1-2H3/b19-17-,20-18-. The number of hydrogen-bond donors (Lipinski definition) is 0. The van der Waals surface area contributed by atoms with Crippen molar-refractivity contribution in [2.45, 2.75) is 245 Å². The molecule has 0 aromatic heterocycles. The summed E-state index contributed by atoms with van der Waals surface area (Å²) in [6.45, 7) is 12.1. The van der Waals surface area contributed by atoms with Gasteiger partial charge in [-0.15, -0.1) is 0 Å². The minimum Gasteiger partial charge on any atom is -0.465 e. The summed E-state index contributed by atoms with van der Waals surface area (Å²) in [5.74, 6) is 3.69. The number of rotatable bonds is 49. The Labute approximate surface area is 507 Å². The number of piperidine rings is 2. The fourth-order valence-corrected chi connectivity index (χ4v) is 13.0. The fourth-order valence-electron chi connectivity index (χ4n) is 11.0. The van der Waals surface area contributed by atoms with Gasteiger partial charge in [-0.25, -0.2) is 0 Å². The summed E-state index contributed by atoms with van der Waals surface area (Å²) in [6.07, 6.45) is 49.1. The molecule has 2 aliphatic rings. The van der Waals surface area contributed by atoms with Crippen LogP contribution in [-0.2, 0) is 41.5 Å². The molecule has 0 aliphatic carbocycles. The Balaban J connectivity index is 0.884. The third kappa shape index (κ3) is 37.7. The van der Waals surface area contributed by atoms with Crippen LogP contribution in [0.1, 0.15) is 243 Å². The van der Waals surface area contributed by atoms with Gasteiger partial charge in [0.05, 0.1) is 26.1 Å². The molecular formula is C70H112N2O8S2. The molecule has 0 radical (unpaired) electrons. The zero-order valence-electron chi connectivity index (χ0n) is 51.6. The molecule has 0 spiro atoms. The third-order valence-corrected chi connectivity index (χ3v) is 18.7. The smallest absolute Gasteiger partial charge is 0.311 e. The quantitative estimate of drug-likeness (QED) is 0.0207. The van der Waals surface area contributed by atoms with Crippen LogP contribution in [0.3, 0.4) is 0 Å². The van der Waals surface area contributed by atoms with Crippen LogP contribution in [0.25, 0.3) is 0 Å². The molecule has 0 amide bonds. The molecule has 0 saturated carbocycles. The summed E-state index contributed by atoms with van der Waals surface area (Å²) < 4.78 is 22.4. The van der Waals surface area contributed by atoms with E-state index in [-0.39, 0.29) is 36.7 Å². The monoisotopic (exact) mass is 1170 g/mol. The molecule has 82 heavy (non-hydrogen) atoms. The van der Waals surface area contributed by atoms with Crippen molar-refractivity contribution in [1.29, 1.82) is 0 Å². The van der Waals surface area contributed by atoms with Gasteiger partial charge in [-0.2, -0.15) is 0 Å². The van der Waals surface area contributed by atoms with Crippen molar-refractivity contribution in [3.8, 4) is 11.5 Å². The van der Waals surface area contributed by atoms with Gasteiger partial charge in [-0.1, -0.05) is 187 Å². The van der Waals surface area contributed by atoms with Gasteiger partial charge in [0.25, 0.3) is 0 Å². The third-order valence-electron chi connectivity index (χ3n) is 16.4. The Hall–Kier alpha value is -3.58. The lowest BCUT2D eigenvalue weighted by molar-refractivity contribution is -0.144. The highest BCUT2D eigenvalue weighted by molar-refractivity contribution is 8.76. The lowest BCUT2D eigenvalue weighted by atomic mass is 9.94. The highest BCUT2D eigenvalue weighted by Crippen LogP contribution is 2.27. The fraction of sp³-hybridized carbons (Fsp3) is 0.714. The van der Waals surface area contributed by atoms with E-state index >= 15 is 0 Å². The van der Waals surface area contributed by atoms with Crippen molar-refractivity contribution >= 4 is 45.5 Å². The van der Waals surface area contributed by atoms with E-state index in [0.717, 1.165) is 152 Å². The summed E-state index contributed by atoms with van der Waals surface area (Å²) in [5, 5.41) is 0. The molecule has 2 aliphatic heterocycles. The molecule has 2 aromatic rings. The van der Waals surface area contributed by atoms with Crippen molar-refractivity contribution < 1.29 is 38.1 Å². The van der Waals surface area contributed by atoms with Gasteiger partial charge in [0, 0.05) is 37.4 Å². The summed E-state index contributed by atoms with van der Waals surface area (Å²) in [6, 6.07) is 14.5. The largest absolute Gasteiger partial charge is 0.465 e. The van der Waals surface area contributed by atoms with E-state index in [4.69, 9.17) is 18.9 Å². The molecule has 2 fully saturated rings. The molecule has 2 aromatic carbocycles. The molecular weight excluding hydrogens is 1060 g/mol.